The van der Waals surface area contributed by atoms with Gasteiger partial charge in [0, 0.05) is 4.47 Å². The van der Waals surface area contributed by atoms with Gasteiger partial charge in [0.05, 0.1) is 0 Å². The molecule has 0 aliphatic rings. The highest BCUT2D eigenvalue weighted by atomic mass is 79.9. The topological polar surface area (TPSA) is 29.5 Å². The molecule has 0 spiro atoms. The Bertz CT molecular complexity index is 346. The fourth-order valence-electron chi connectivity index (χ4n) is 0.837. The second-order valence-corrected chi connectivity index (χ2v) is 4.43. The first-order chi connectivity index (χ1) is 7.22. The molecule has 0 aliphatic carbocycles. The van der Waals surface area contributed by atoms with Gasteiger partial charge >= 0.3 is 6.18 Å². The van der Waals surface area contributed by atoms with E-state index in [9.17, 15) is 13.2 Å². The van der Waals surface area contributed by atoms with Crippen molar-refractivity contribution in [3.8, 4) is 5.75 Å². The average Bonchev–Trinajstić information content (AvgIpc) is 2.15. The third-order valence-corrected chi connectivity index (χ3v) is 2.47. The van der Waals surface area contributed by atoms with Crippen molar-refractivity contribution in [2.45, 2.75) is 18.7 Å². The first-order valence-electron chi connectivity index (χ1n) is 4.40. The lowest BCUT2D eigenvalue weighted by molar-refractivity contribution is -0.260. The van der Waals surface area contributed by atoms with Crippen LogP contribution in [0.1, 0.15) is 6.92 Å². The predicted molar refractivity (Wildman–Crippen MR) is 56.3 cm³/mol. The number of benzene rings is 1. The number of alkyl halides is 3. The van der Waals surface area contributed by atoms with Crippen LogP contribution in [0.15, 0.2) is 28.7 Å². The van der Waals surface area contributed by atoms with E-state index in [1.165, 1.54) is 12.1 Å². The Morgan fingerprint density at radius 3 is 2.19 bits per heavy atom. The molecule has 1 N–H and O–H groups in total. The summed E-state index contributed by atoms with van der Waals surface area (Å²) in [6, 6.07) is 6.29. The number of hydrogen-bond donors (Lipinski definition) is 1. The van der Waals surface area contributed by atoms with E-state index in [4.69, 9.17) is 9.84 Å². The van der Waals surface area contributed by atoms with Gasteiger partial charge in [-0.25, -0.2) is 0 Å². The van der Waals surface area contributed by atoms with Gasteiger partial charge in [-0.15, -0.1) is 0 Å². The Morgan fingerprint density at radius 2 is 1.75 bits per heavy atom. The lowest BCUT2D eigenvalue weighted by atomic mass is 10.1. The van der Waals surface area contributed by atoms with Crippen molar-refractivity contribution in [1.82, 2.24) is 0 Å². The van der Waals surface area contributed by atoms with Gasteiger partial charge in [-0.1, -0.05) is 15.9 Å². The zero-order chi connectivity index (χ0) is 12.4. The van der Waals surface area contributed by atoms with Crippen molar-refractivity contribution in [3.05, 3.63) is 28.7 Å². The highest BCUT2D eigenvalue weighted by molar-refractivity contribution is 9.10. The molecular weight excluding hydrogens is 289 g/mol. The fraction of sp³-hybridized carbons (Fsp3) is 0.400. The maximum absolute atomic E-state index is 12.3. The second kappa shape index (κ2) is 4.63. The number of rotatable bonds is 3. The Balaban J connectivity index is 2.61. The lowest BCUT2D eigenvalue weighted by Gasteiger charge is -2.25. The van der Waals surface area contributed by atoms with E-state index in [-0.39, 0.29) is 5.75 Å². The number of halogens is 4. The first-order valence-corrected chi connectivity index (χ1v) is 5.19. The van der Waals surface area contributed by atoms with E-state index in [1.807, 2.05) is 0 Å². The molecule has 1 aromatic rings. The quantitative estimate of drug-likeness (QED) is 0.929. The minimum atomic E-state index is -4.71. The molecule has 0 saturated carbocycles. The molecule has 1 unspecified atom stereocenters. The summed E-state index contributed by atoms with van der Waals surface area (Å²) < 4.78 is 42.4. The van der Waals surface area contributed by atoms with Gasteiger partial charge in [-0.05, 0) is 31.2 Å². The van der Waals surface area contributed by atoms with Crippen molar-refractivity contribution >= 4 is 15.9 Å². The van der Waals surface area contributed by atoms with Crippen LogP contribution in [-0.2, 0) is 0 Å². The third kappa shape index (κ3) is 3.38. The Hall–Kier alpha value is -0.750. The molecule has 0 bridgehead atoms. The molecule has 0 aliphatic heterocycles. The zero-order valence-corrected chi connectivity index (χ0v) is 9.97. The molecule has 90 valence electrons. The summed E-state index contributed by atoms with van der Waals surface area (Å²) in [6.07, 6.45) is -4.71. The van der Waals surface area contributed by atoms with Crippen LogP contribution in [0.5, 0.6) is 5.75 Å². The van der Waals surface area contributed by atoms with E-state index >= 15 is 0 Å². The van der Waals surface area contributed by atoms with Crippen molar-refractivity contribution in [1.29, 1.82) is 0 Å². The molecule has 0 heterocycles. The molecule has 0 fully saturated rings. The Morgan fingerprint density at radius 1 is 1.25 bits per heavy atom. The zero-order valence-electron chi connectivity index (χ0n) is 8.38. The van der Waals surface area contributed by atoms with Crippen LogP contribution < -0.4 is 4.74 Å². The summed E-state index contributed by atoms with van der Waals surface area (Å²) in [4.78, 5) is 0. The summed E-state index contributed by atoms with van der Waals surface area (Å²) in [5.74, 6) is 0.271. The van der Waals surface area contributed by atoms with Gasteiger partial charge in [0.25, 0.3) is 0 Å². The average molecular weight is 299 g/mol. The number of hydrogen-bond acceptors (Lipinski definition) is 2. The van der Waals surface area contributed by atoms with Gasteiger partial charge < -0.3 is 9.84 Å². The van der Waals surface area contributed by atoms with Crippen LogP contribution in [0.25, 0.3) is 0 Å². The van der Waals surface area contributed by atoms with Crippen LogP contribution in [-0.4, -0.2) is 23.5 Å². The van der Waals surface area contributed by atoms with Crippen LogP contribution in [0.3, 0.4) is 0 Å². The number of aliphatic hydroxyl groups is 1. The fourth-order valence-corrected chi connectivity index (χ4v) is 1.10. The normalized spacial score (nSPS) is 15.6. The molecule has 16 heavy (non-hydrogen) atoms. The SMILES string of the molecule is CC(O)(COc1ccc(Br)cc1)C(F)(F)F. The van der Waals surface area contributed by atoms with Gasteiger partial charge in [0.1, 0.15) is 12.4 Å². The molecule has 6 heteroatoms. The molecule has 1 rings (SSSR count). The smallest absolute Gasteiger partial charge is 0.420 e. The third-order valence-electron chi connectivity index (χ3n) is 1.94. The van der Waals surface area contributed by atoms with E-state index in [2.05, 4.69) is 15.9 Å². The molecule has 1 aromatic carbocycles. The minimum absolute atomic E-state index is 0.271. The summed E-state index contributed by atoms with van der Waals surface area (Å²) in [5, 5.41) is 9.11. The van der Waals surface area contributed by atoms with Crippen molar-refractivity contribution in [2.75, 3.05) is 6.61 Å². The van der Waals surface area contributed by atoms with Crippen molar-refractivity contribution < 1.29 is 23.0 Å². The first kappa shape index (κ1) is 13.3. The molecule has 2 nitrogen and oxygen atoms in total. The standard InChI is InChI=1S/C10H10BrF3O2/c1-9(15,10(12,13)14)6-16-8-4-2-7(11)3-5-8/h2-5,15H,6H2,1H3. The van der Waals surface area contributed by atoms with Crippen molar-refractivity contribution in [3.63, 3.8) is 0 Å². The molecule has 0 radical (unpaired) electrons. The van der Waals surface area contributed by atoms with Crippen LogP contribution in [0, 0.1) is 0 Å². The molecular formula is C10H10BrF3O2. The van der Waals surface area contributed by atoms with Crippen LogP contribution >= 0.6 is 15.9 Å². The lowest BCUT2D eigenvalue weighted by Crippen LogP contribution is -2.47. The van der Waals surface area contributed by atoms with Crippen LogP contribution in [0.4, 0.5) is 13.2 Å². The van der Waals surface area contributed by atoms with Gasteiger partial charge in [0.2, 0.25) is 0 Å². The summed E-state index contributed by atoms with van der Waals surface area (Å²) in [6.45, 7) is -0.163. The van der Waals surface area contributed by atoms with Gasteiger partial charge in [0.15, 0.2) is 5.60 Å². The number of ether oxygens (including phenoxy) is 1. The highest BCUT2D eigenvalue weighted by Crippen LogP contribution is 2.30. The van der Waals surface area contributed by atoms with Gasteiger partial charge in [-0.2, -0.15) is 13.2 Å². The van der Waals surface area contributed by atoms with Crippen molar-refractivity contribution in [2.24, 2.45) is 0 Å². The molecule has 0 amide bonds. The largest absolute Gasteiger partial charge is 0.490 e. The maximum atomic E-state index is 12.3. The maximum Gasteiger partial charge on any atom is 0.420 e. The summed E-state index contributed by atoms with van der Waals surface area (Å²) in [7, 11) is 0. The van der Waals surface area contributed by atoms with E-state index in [1.54, 1.807) is 12.1 Å². The summed E-state index contributed by atoms with van der Waals surface area (Å²) >= 11 is 3.18. The van der Waals surface area contributed by atoms with E-state index in [0.29, 0.717) is 6.92 Å². The van der Waals surface area contributed by atoms with E-state index in [0.717, 1.165) is 4.47 Å². The van der Waals surface area contributed by atoms with Gasteiger partial charge in [-0.3, -0.25) is 0 Å². The monoisotopic (exact) mass is 298 g/mol. The Kier molecular flexibility index (Phi) is 3.85. The summed E-state index contributed by atoms with van der Waals surface area (Å²) in [5.41, 5.74) is -2.85. The minimum Gasteiger partial charge on any atom is -0.490 e. The highest BCUT2D eigenvalue weighted by Gasteiger charge is 2.50. The second-order valence-electron chi connectivity index (χ2n) is 3.51. The predicted octanol–water partition coefficient (Wildman–Crippen LogP) is 3.14. The molecule has 0 saturated heterocycles. The van der Waals surface area contributed by atoms with Crippen LogP contribution in [0.2, 0.25) is 0 Å². The molecule has 0 aromatic heterocycles. The molecule has 1 atom stereocenters. The Labute approximate surface area is 99.2 Å². The van der Waals surface area contributed by atoms with E-state index < -0.39 is 18.4 Å².